The van der Waals surface area contributed by atoms with Crippen molar-refractivity contribution in [3.63, 3.8) is 0 Å². The van der Waals surface area contributed by atoms with Gasteiger partial charge < -0.3 is 0 Å². The van der Waals surface area contributed by atoms with E-state index in [-0.39, 0.29) is 17.7 Å². The molecule has 1 heterocycles. The third-order valence-corrected chi connectivity index (χ3v) is 0.985. The van der Waals surface area contributed by atoms with E-state index in [4.69, 9.17) is 23.2 Å². The predicted molar refractivity (Wildman–Crippen MR) is 39.3 cm³/mol. The topological polar surface area (TPSA) is 25.8 Å². The van der Waals surface area contributed by atoms with Crippen LogP contribution in [-0.4, -0.2) is 9.97 Å². The Labute approximate surface area is 68.6 Å². The molecule has 0 amide bonds. The van der Waals surface area contributed by atoms with E-state index >= 15 is 0 Å². The molecule has 1 aromatic rings. The highest BCUT2D eigenvalue weighted by Gasteiger charge is 1.88. The van der Waals surface area contributed by atoms with Gasteiger partial charge in [0, 0.05) is 6.20 Å². The van der Waals surface area contributed by atoms with Crippen LogP contribution in [0, 0.1) is 0 Å². The molecule has 5 heteroatoms. The molecule has 0 saturated heterocycles. The molecule has 0 N–H and O–H groups in total. The van der Waals surface area contributed by atoms with Crippen molar-refractivity contribution in [1.29, 1.82) is 0 Å². The summed E-state index contributed by atoms with van der Waals surface area (Å²) in [6, 6.07) is 1.56. The highest BCUT2D eigenvalue weighted by atomic mass is 35.5. The molecule has 0 aliphatic heterocycles. The molecule has 1 aromatic heterocycles. The molecule has 9 heavy (non-hydrogen) atoms. The van der Waals surface area contributed by atoms with E-state index in [1.807, 2.05) is 0 Å². The minimum Gasteiger partial charge on any atom is -0.226 e. The molecule has 0 aliphatic carbocycles. The monoisotopic (exact) mass is 184 g/mol. The molecule has 0 unspecified atom stereocenters. The van der Waals surface area contributed by atoms with Gasteiger partial charge in [0.15, 0.2) is 0 Å². The van der Waals surface area contributed by atoms with Crippen molar-refractivity contribution in [3.8, 4) is 0 Å². The first-order valence-electron chi connectivity index (χ1n) is 1.93. The first-order valence-corrected chi connectivity index (χ1v) is 2.68. The molecule has 1 rings (SSSR count). The molecule has 0 bridgehead atoms. The molecule has 0 spiro atoms. The minimum atomic E-state index is 0. The average Bonchev–Trinajstić information content (AvgIpc) is 1.64. The number of hydrogen-bond acceptors (Lipinski definition) is 2. The van der Waals surface area contributed by atoms with E-state index in [0.717, 1.165) is 0 Å². The maximum Gasteiger partial charge on any atom is 0.223 e. The van der Waals surface area contributed by atoms with Gasteiger partial charge in [0.25, 0.3) is 0 Å². The molecule has 0 radical (unpaired) electrons. The van der Waals surface area contributed by atoms with Crippen molar-refractivity contribution in [2.75, 3.05) is 0 Å². The van der Waals surface area contributed by atoms with Crippen LogP contribution >= 0.6 is 35.6 Å². The van der Waals surface area contributed by atoms with Gasteiger partial charge in [-0.25, -0.2) is 9.97 Å². The molecule has 0 saturated carbocycles. The Bertz CT molecular complexity index is 174. The van der Waals surface area contributed by atoms with Crippen LogP contribution in [0.15, 0.2) is 12.3 Å². The summed E-state index contributed by atoms with van der Waals surface area (Å²) >= 11 is 10.7. The molecule has 0 aromatic carbocycles. The first kappa shape index (κ1) is 8.95. The van der Waals surface area contributed by atoms with E-state index in [1.54, 1.807) is 6.07 Å². The van der Waals surface area contributed by atoms with Crippen LogP contribution in [0.4, 0.5) is 0 Å². The molecule has 0 atom stereocenters. The maximum atomic E-state index is 5.41. The second kappa shape index (κ2) is 3.88. The third kappa shape index (κ3) is 2.84. The van der Waals surface area contributed by atoms with Crippen LogP contribution in [0.1, 0.15) is 0 Å². The summed E-state index contributed by atoms with van der Waals surface area (Å²) in [4.78, 5) is 7.20. The second-order valence-corrected chi connectivity index (χ2v) is 1.87. The fourth-order valence-corrected chi connectivity index (χ4v) is 0.642. The number of nitrogens with zero attached hydrogens (tertiary/aromatic N) is 2. The Kier molecular flexibility index (Phi) is 3.86. The van der Waals surface area contributed by atoms with Crippen LogP contribution in [-0.2, 0) is 0 Å². The summed E-state index contributed by atoms with van der Waals surface area (Å²) in [5.41, 5.74) is 0. The standard InChI is InChI=1S/C4H2Cl2N2.ClH/c5-3-1-2-7-4(6)8-3;/h1-2H;1H. The summed E-state index contributed by atoms with van der Waals surface area (Å²) < 4.78 is 0. The highest BCUT2D eigenvalue weighted by Crippen LogP contribution is 2.04. The van der Waals surface area contributed by atoms with Gasteiger partial charge in [-0.2, -0.15) is 0 Å². The largest absolute Gasteiger partial charge is 0.226 e. The molecule has 0 aliphatic rings. The smallest absolute Gasteiger partial charge is 0.223 e. The molecule has 0 fully saturated rings. The maximum absolute atomic E-state index is 5.41. The molecular weight excluding hydrogens is 182 g/mol. The Hall–Kier alpha value is -0.0500. The second-order valence-electron chi connectivity index (χ2n) is 1.15. The molecule has 2 nitrogen and oxygen atoms in total. The minimum absolute atomic E-state index is 0. The Morgan fingerprint density at radius 3 is 2.33 bits per heavy atom. The lowest BCUT2D eigenvalue weighted by molar-refractivity contribution is 1.17. The van der Waals surface area contributed by atoms with E-state index in [0.29, 0.717) is 5.15 Å². The number of aromatic nitrogens is 2. The van der Waals surface area contributed by atoms with Crippen LogP contribution in [0.5, 0.6) is 0 Å². The number of rotatable bonds is 0. The molecular formula is C4H3Cl3N2. The zero-order valence-corrected chi connectivity index (χ0v) is 6.54. The van der Waals surface area contributed by atoms with Crippen molar-refractivity contribution in [2.24, 2.45) is 0 Å². The van der Waals surface area contributed by atoms with E-state index < -0.39 is 0 Å². The number of hydrogen-bond donors (Lipinski definition) is 0. The normalized spacial score (nSPS) is 8.22. The van der Waals surface area contributed by atoms with Crippen molar-refractivity contribution < 1.29 is 0 Å². The fraction of sp³-hybridized carbons (Fsp3) is 0. The lowest BCUT2D eigenvalue weighted by atomic mass is 10.7. The van der Waals surface area contributed by atoms with E-state index in [9.17, 15) is 0 Å². The SMILES string of the molecule is Cl.Clc1ccnc(Cl)n1. The van der Waals surface area contributed by atoms with E-state index in [1.165, 1.54) is 6.20 Å². The third-order valence-electron chi connectivity index (χ3n) is 0.592. The van der Waals surface area contributed by atoms with Crippen LogP contribution in [0.3, 0.4) is 0 Å². The van der Waals surface area contributed by atoms with Gasteiger partial charge in [-0.05, 0) is 17.7 Å². The Morgan fingerprint density at radius 2 is 2.00 bits per heavy atom. The summed E-state index contributed by atoms with van der Waals surface area (Å²) in [5.74, 6) is 0. The van der Waals surface area contributed by atoms with Crippen molar-refractivity contribution in [3.05, 3.63) is 22.7 Å². The van der Waals surface area contributed by atoms with E-state index in [2.05, 4.69) is 9.97 Å². The van der Waals surface area contributed by atoms with Crippen molar-refractivity contribution in [1.82, 2.24) is 9.97 Å². The fourth-order valence-electron chi connectivity index (χ4n) is 0.315. The lowest BCUT2D eigenvalue weighted by Gasteiger charge is -1.85. The van der Waals surface area contributed by atoms with Gasteiger partial charge in [0.05, 0.1) is 0 Å². The summed E-state index contributed by atoms with van der Waals surface area (Å²) in [6.07, 6.45) is 1.50. The van der Waals surface area contributed by atoms with Crippen LogP contribution in [0.25, 0.3) is 0 Å². The summed E-state index contributed by atoms with van der Waals surface area (Å²) in [7, 11) is 0. The quantitative estimate of drug-likeness (QED) is 0.457. The summed E-state index contributed by atoms with van der Waals surface area (Å²) in [5, 5.41) is 0.544. The lowest BCUT2D eigenvalue weighted by Crippen LogP contribution is -1.77. The summed E-state index contributed by atoms with van der Waals surface area (Å²) in [6.45, 7) is 0. The number of halogens is 3. The van der Waals surface area contributed by atoms with Gasteiger partial charge in [0.2, 0.25) is 5.28 Å². The van der Waals surface area contributed by atoms with Gasteiger partial charge in [-0.3, -0.25) is 0 Å². The zero-order chi connectivity index (χ0) is 5.98. The molecule has 50 valence electrons. The zero-order valence-electron chi connectivity index (χ0n) is 4.21. The predicted octanol–water partition coefficient (Wildman–Crippen LogP) is 2.21. The van der Waals surface area contributed by atoms with Crippen LogP contribution in [0.2, 0.25) is 10.4 Å². The van der Waals surface area contributed by atoms with Crippen molar-refractivity contribution >= 4 is 35.6 Å². The van der Waals surface area contributed by atoms with Gasteiger partial charge >= 0.3 is 0 Å². The van der Waals surface area contributed by atoms with Crippen LogP contribution < -0.4 is 0 Å². The average molecular weight is 185 g/mol. The first-order chi connectivity index (χ1) is 3.79. The van der Waals surface area contributed by atoms with Gasteiger partial charge in [-0.1, -0.05) is 11.6 Å². The van der Waals surface area contributed by atoms with Crippen molar-refractivity contribution in [2.45, 2.75) is 0 Å². The van der Waals surface area contributed by atoms with Gasteiger partial charge in [0.1, 0.15) is 5.15 Å². The van der Waals surface area contributed by atoms with Gasteiger partial charge in [-0.15, -0.1) is 12.4 Å². The Morgan fingerprint density at radius 1 is 1.33 bits per heavy atom. The Balaban J connectivity index is 0.000000640. The highest BCUT2D eigenvalue weighted by molar-refractivity contribution is 6.31.